The van der Waals surface area contributed by atoms with Crippen molar-refractivity contribution in [3.8, 4) is 22.8 Å². The van der Waals surface area contributed by atoms with Gasteiger partial charge in [-0.25, -0.2) is 4.98 Å². The van der Waals surface area contributed by atoms with E-state index in [1.807, 2.05) is 18.2 Å². The van der Waals surface area contributed by atoms with Crippen LogP contribution >= 0.6 is 0 Å². The summed E-state index contributed by atoms with van der Waals surface area (Å²) in [7, 11) is 3.28. The van der Waals surface area contributed by atoms with E-state index < -0.39 is 0 Å². The number of methoxy groups -OCH3 is 2. The van der Waals surface area contributed by atoms with Gasteiger partial charge in [0.25, 0.3) is 0 Å². The summed E-state index contributed by atoms with van der Waals surface area (Å²) >= 11 is 0. The fourth-order valence-electron chi connectivity index (χ4n) is 2.81. The Kier molecular flexibility index (Phi) is 4.33. The Balaban J connectivity index is 2.22. The standard InChI is InChI=1S/C20H25N3O2/c1-13-9-10-23-17(11-13)21-18(19(23)22-20(2,3)4)14-7-8-15(24-5)16(12-14)25-6/h7-12,22H,1-6H3. The van der Waals surface area contributed by atoms with Crippen LogP contribution in [0.3, 0.4) is 0 Å². The van der Waals surface area contributed by atoms with E-state index in [2.05, 4.69) is 55.7 Å². The van der Waals surface area contributed by atoms with Gasteiger partial charge in [-0.3, -0.25) is 4.40 Å². The lowest BCUT2D eigenvalue weighted by atomic mass is 10.1. The average molecular weight is 339 g/mol. The minimum Gasteiger partial charge on any atom is -0.493 e. The molecule has 0 saturated carbocycles. The van der Waals surface area contributed by atoms with E-state index >= 15 is 0 Å². The molecule has 0 saturated heterocycles. The minimum atomic E-state index is -0.0911. The number of anilines is 1. The Morgan fingerprint density at radius 2 is 1.72 bits per heavy atom. The second-order valence-electron chi connectivity index (χ2n) is 7.19. The van der Waals surface area contributed by atoms with Crippen LogP contribution in [-0.4, -0.2) is 29.1 Å². The van der Waals surface area contributed by atoms with Crippen molar-refractivity contribution in [3.05, 3.63) is 42.1 Å². The maximum Gasteiger partial charge on any atom is 0.161 e. The number of pyridine rings is 1. The van der Waals surface area contributed by atoms with Crippen LogP contribution in [0.4, 0.5) is 5.82 Å². The summed E-state index contributed by atoms with van der Waals surface area (Å²) in [5.74, 6) is 2.36. The molecule has 1 aromatic carbocycles. The molecule has 0 amide bonds. The monoisotopic (exact) mass is 339 g/mol. The lowest BCUT2D eigenvalue weighted by Crippen LogP contribution is -2.27. The highest BCUT2D eigenvalue weighted by Gasteiger charge is 2.20. The van der Waals surface area contributed by atoms with Crippen molar-refractivity contribution in [1.29, 1.82) is 0 Å². The van der Waals surface area contributed by atoms with Crippen LogP contribution in [0.15, 0.2) is 36.5 Å². The van der Waals surface area contributed by atoms with Crippen molar-refractivity contribution >= 4 is 11.5 Å². The number of imidazole rings is 1. The Morgan fingerprint density at radius 1 is 1.00 bits per heavy atom. The molecule has 0 aliphatic carbocycles. The number of nitrogens with zero attached hydrogens (tertiary/aromatic N) is 2. The Hall–Kier alpha value is -2.69. The number of aryl methyl sites for hydroxylation is 1. The first-order chi connectivity index (χ1) is 11.8. The van der Waals surface area contributed by atoms with Crippen LogP contribution in [0.25, 0.3) is 16.9 Å². The molecular weight excluding hydrogens is 314 g/mol. The number of fused-ring (bicyclic) bond motifs is 1. The molecular formula is C20H25N3O2. The van der Waals surface area contributed by atoms with Crippen molar-refractivity contribution in [3.63, 3.8) is 0 Å². The lowest BCUT2D eigenvalue weighted by molar-refractivity contribution is 0.355. The summed E-state index contributed by atoms with van der Waals surface area (Å²) in [6.45, 7) is 8.48. The third kappa shape index (κ3) is 3.40. The van der Waals surface area contributed by atoms with Crippen molar-refractivity contribution in [2.45, 2.75) is 33.2 Å². The molecule has 2 aromatic heterocycles. The van der Waals surface area contributed by atoms with Gasteiger partial charge in [-0.1, -0.05) is 0 Å². The van der Waals surface area contributed by atoms with E-state index in [1.54, 1.807) is 14.2 Å². The van der Waals surface area contributed by atoms with Crippen LogP contribution < -0.4 is 14.8 Å². The highest BCUT2D eigenvalue weighted by molar-refractivity contribution is 5.78. The number of hydrogen-bond acceptors (Lipinski definition) is 4. The van der Waals surface area contributed by atoms with Crippen LogP contribution in [-0.2, 0) is 0 Å². The summed E-state index contributed by atoms with van der Waals surface area (Å²) in [6.07, 6.45) is 2.05. The van der Waals surface area contributed by atoms with E-state index in [0.717, 1.165) is 22.7 Å². The predicted octanol–water partition coefficient (Wildman–Crippen LogP) is 4.54. The zero-order chi connectivity index (χ0) is 18.2. The molecule has 3 rings (SSSR count). The molecule has 25 heavy (non-hydrogen) atoms. The van der Waals surface area contributed by atoms with E-state index in [9.17, 15) is 0 Å². The molecule has 0 fully saturated rings. The van der Waals surface area contributed by atoms with Gasteiger partial charge in [-0.2, -0.15) is 0 Å². The SMILES string of the molecule is COc1ccc(-c2nc3cc(C)ccn3c2NC(C)(C)C)cc1OC. The predicted molar refractivity (Wildman–Crippen MR) is 102 cm³/mol. The maximum absolute atomic E-state index is 5.45. The van der Waals surface area contributed by atoms with Crippen LogP contribution in [0.5, 0.6) is 11.5 Å². The fraction of sp³-hybridized carbons (Fsp3) is 0.350. The van der Waals surface area contributed by atoms with Gasteiger partial charge in [0.1, 0.15) is 17.2 Å². The second-order valence-corrected chi connectivity index (χ2v) is 7.19. The van der Waals surface area contributed by atoms with Gasteiger partial charge in [0.05, 0.1) is 14.2 Å². The highest BCUT2D eigenvalue weighted by atomic mass is 16.5. The molecule has 0 unspecified atom stereocenters. The number of ether oxygens (including phenoxy) is 2. The van der Waals surface area contributed by atoms with Gasteiger partial charge in [0.15, 0.2) is 11.5 Å². The fourth-order valence-corrected chi connectivity index (χ4v) is 2.81. The second kappa shape index (κ2) is 6.31. The first kappa shape index (κ1) is 17.1. The average Bonchev–Trinajstić information content (AvgIpc) is 2.90. The third-order valence-corrected chi connectivity index (χ3v) is 3.93. The van der Waals surface area contributed by atoms with Crippen molar-refractivity contribution in [2.75, 3.05) is 19.5 Å². The quantitative estimate of drug-likeness (QED) is 0.758. The molecule has 3 aromatic rings. The van der Waals surface area contributed by atoms with Crippen LogP contribution in [0.1, 0.15) is 26.3 Å². The Morgan fingerprint density at radius 3 is 2.36 bits per heavy atom. The molecule has 2 heterocycles. The van der Waals surface area contributed by atoms with Gasteiger partial charge in [-0.05, 0) is 63.6 Å². The zero-order valence-electron chi connectivity index (χ0n) is 15.7. The number of aromatic nitrogens is 2. The van der Waals surface area contributed by atoms with Gasteiger partial charge >= 0.3 is 0 Å². The third-order valence-electron chi connectivity index (χ3n) is 3.93. The number of nitrogens with one attached hydrogen (secondary N) is 1. The first-order valence-corrected chi connectivity index (χ1v) is 8.31. The summed E-state index contributed by atoms with van der Waals surface area (Å²) in [5.41, 5.74) is 3.87. The molecule has 5 nitrogen and oxygen atoms in total. The van der Waals surface area contributed by atoms with Gasteiger partial charge in [-0.15, -0.1) is 0 Å². The maximum atomic E-state index is 5.45. The molecule has 1 N–H and O–H groups in total. The molecule has 0 aliphatic heterocycles. The zero-order valence-corrected chi connectivity index (χ0v) is 15.7. The van der Waals surface area contributed by atoms with Gasteiger partial charge in [0.2, 0.25) is 0 Å². The summed E-state index contributed by atoms with van der Waals surface area (Å²) in [5, 5.41) is 3.59. The minimum absolute atomic E-state index is 0.0911. The summed E-state index contributed by atoms with van der Waals surface area (Å²) < 4.78 is 12.9. The summed E-state index contributed by atoms with van der Waals surface area (Å²) in [6, 6.07) is 10.0. The topological polar surface area (TPSA) is 47.8 Å². The Bertz CT molecular complexity index is 907. The van der Waals surface area contributed by atoms with E-state index in [-0.39, 0.29) is 5.54 Å². The van der Waals surface area contributed by atoms with E-state index in [0.29, 0.717) is 11.5 Å². The first-order valence-electron chi connectivity index (χ1n) is 8.31. The van der Waals surface area contributed by atoms with E-state index in [4.69, 9.17) is 14.5 Å². The number of benzene rings is 1. The lowest BCUT2D eigenvalue weighted by Gasteiger charge is -2.22. The molecule has 5 heteroatoms. The van der Waals surface area contributed by atoms with Gasteiger partial charge < -0.3 is 14.8 Å². The molecule has 0 bridgehead atoms. The summed E-state index contributed by atoms with van der Waals surface area (Å²) in [4.78, 5) is 4.86. The van der Waals surface area contributed by atoms with E-state index in [1.165, 1.54) is 5.56 Å². The number of hydrogen-bond donors (Lipinski definition) is 1. The van der Waals surface area contributed by atoms with Crippen molar-refractivity contribution in [1.82, 2.24) is 9.38 Å². The molecule has 0 atom stereocenters. The molecule has 132 valence electrons. The van der Waals surface area contributed by atoms with Gasteiger partial charge in [0, 0.05) is 17.3 Å². The normalized spacial score (nSPS) is 11.6. The molecule has 0 radical (unpaired) electrons. The van der Waals surface area contributed by atoms with Crippen molar-refractivity contribution in [2.24, 2.45) is 0 Å². The molecule has 0 spiro atoms. The molecule has 0 aliphatic rings. The number of rotatable bonds is 4. The van der Waals surface area contributed by atoms with Crippen LogP contribution in [0.2, 0.25) is 0 Å². The van der Waals surface area contributed by atoms with Crippen molar-refractivity contribution < 1.29 is 9.47 Å². The Labute approximate surface area is 148 Å². The smallest absolute Gasteiger partial charge is 0.161 e. The van der Waals surface area contributed by atoms with Crippen LogP contribution in [0, 0.1) is 6.92 Å². The highest BCUT2D eigenvalue weighted by Crippen LogP contribution is 2.36. The largest absolute Gasteiger partial charge is 0.493 e.